The molecule has 0 radical (unpaired) electrons. The van der Waals surface area contributed by atoms with Crippen molar-refractivity contribution in [1.29, 1.82) is 0 Å². The van der Waals surface area contributed by atoms with Crippen molar-refractivity contribution in [2.75, 3.05) is 19.0 Å². The molecule has 0 bridgehead atoms. The molecule has 19 heavy (non-hydrogen) atoms. The van der Waals surface area contributed by atoms with Gasteiger partial charge < -0.3 is 15.2 Å². The van der Waals surface area contributed by atoms with Gasteiger partial charge >= 0.3 is 6.01 Å². The predicted molar refractivity (Wildman–Crippen MR) is 71.7 cm³/mol. The highest BCUT2D eigenvalue weighted by atomic mass is 35.5. The smallest absolute Gasteiger partial charge is 0.328 e. The molecular weight excluding hydrogens is 268 g/mol. The Morgan fingerprint density at radius 3 is 2.79 bits per heavy atom. The monoisotopic (exact) mass is 280 g/mol. The molecule has 2 rings (SSSR count). The lowest BCUT2D eigenvalue weighted by molar-refractivity contribution is 0.297. The molecule has 0 saturated heterocycles. The van der Waals surface area contributed by atoms with E-state index in [-0.39, 0.29) is 17.9 Å². The zero-order valence-corrected chi connectivity index (χ0v) is 11.1. The number of ether oxygens (including phenoxy) is 1. The Hall–Kier alpha value is -1.92. The van der Waals surface area contributed by atoms with Crippen LogP contribution in [-0.4, -0.2) is 33.7 Å². The summed E-state index contributed by atoms with van der Waals surface area (Å²) in [5, 5.41) is 11.8. The lowest BCUT2D eigenvalue weighted by atomic mass is 10.1. The summed E-state index contributed by atoms with van der Waals surface area (Å²) in [6.07, 6.45) is 0.494. The minimum atomic E-state index is 0.0418. The maximum atomic E-state index is 9.01. The van der Waals surface area contributed by atoms with Crippen molar-refractivity contribution >= 4 is 17.5 Å². The van der Waals surface area contributed by atoms with Gasteiger partial charge in [0.15, 0.2) is 0 Å². The fourth-order valence-corrected chi connectivity index (χ4v) is 1.67. The van der Waals surface area contributed by atoms with Crippen molar-refractivity contribution in [3.05, 3.63) is 35.1 Å². The lowest BCUT2D eigenvalue weighted by Gasteiger charge is -2.09. The Kier molecular flexibility index (Phi) is 4.48. The standard InChI is InChI=1S/C12H13ClN4O2/c1-14-11-15-10(13)16-12(17-11)19-9-5-3-2-4-8(9)6-7-18/h2-5,18H,6-7H2,1H3,(H,14,15,16,17). The highest BCUT2D eigenvalue weighted by Gasteiger charge is 2.09. The number of hydrogen-bond donors (Lipinski definition) is 2. The van der Waals surface area contributed by atoms with E-state index in [1.165, 1.54) is 0 Å². The van der Waals surface area contributed by atoms with E-state index in [9.17, 15) is 0 Å². The van der Waals surface area contributed by atoms with Crippen LogP contribution in [0.1, 0.15) is 5.56 Å². The first-order chi connectivity index (χ1) is 9.22. The van der Waals surface area contributed by atoms with E-state index in [2.05, 4.69) is 20.3 Å². The summed E-state index contributed by atoms with van der Waals surface area (Å²) in [5.74, 6) is 0.913. The number of aliphatic hydroxyl groups excluding tert-OH is 1. The van der Waals surface area contributed by atoms with Crippen LogP contribution in [0.25, 0.3) is 0 Å². The van der Waals surface area contributed by atoms with Gasteiger partial charge in [-0.15, -0.1) is 0 Å². The summed E-state index contributed by atoms with van der Waals surface area (Å²) in [5.41, 5.74) is 0.868. The maximum absolute atomic E-state index is 9.01. The van der Waals surface area contributed by atoms with E-state index in [4.69, 9.17) is 21.4 Å². The highest BCUT2D eigenvalue weighted by molar-refractivity contribution is 6.28. The molecular formula is C12H13ClN4O2. The van der Waals surface area contributed by atoms with Gasteiger partial charge in [0, 0.05) is 13.7 Å². The Labute approximate surface area is 115 Å². The summed E-state index contributed by atoms with van der Waals surface area (Å²) in [4.78, 5) is 11.8. The minimum Gasteiger partial charge on any atom is -0.424 e. The third-order valence-electron chi connectivity index (χ3n) is 2.37. The maximum Gasteiger partial charge on any atom is 0.328 e. The lowest BCUT2D eigenvalue weighted by Crippen LogP contribution is -2.02. The SMILES string of the molecule is CNc1nc(Cl)nc(Oc2ccccc2CCO)n1. The molecule has 0 aliphatic rings. The van der Waals surface area contributed by atoms with Crippen LogP contribution in [-0.2, 0) is 6.42 Å². The van der Waals surface area contributed by atoms with E-state index in [0.29, 0.717) is 18.1 Å². The quantitative estimate of drug-likeness (QED) is 0.871. The number of aliphatic hydroxyl groups is 1. The molecule has 0 amide bonds. The van der Waals surface area contributed by atoms with Crippen LogP contribution >= 0.6 is 11.6 Å². The molecule has 0 aliphatic carbocycles. The van der Waals surface area contributed by atoms with Crippen molar-refractivity contribution in [3.8, 4) is 11.8 Å². The molecule has 2 N–H and O–H groups in total. The van der Waals surface area contributed by atoms with Crippen molar-refractivity contribution in [2.45, 2.75) is 6.42 Å². The van der Waals surface area contributed by atoms with Crippen LogP contribution in [0.5, 0.6) is 11.8 Å². The molecule has 0 saturated carbocycles. The van der Waals surface area contributed by atoms with E-state index in [1.807, 2.05) is 18.2 Å². The minimum absolute atomic E-state index is 0.0418. The van der Waals surface area contributed by atoms with E-state index < -0.39 is 0 Å². The molecule has 2 aromatic rings. The van der Waals surface area contributed by atoms with Gasteiger partial charge in [-0.1, -0.05) is 18.2 Å². The van der Waals surface area contributed by atoms with Gasteiger partial charge in [0.1, 0.15) is 5.75 Å². The number of rotatable bonds is 5. The zero-order chi connectivity index (χ0) is 13.7. The van der Waals surface area contributed by atoms with Crippen molar-refractivity contribution in [1.82, 2.24) is 15.0 Å². The van der Waals surface area contributed by atoms with Crippen LogP contribution in [0, 0.1) is 0 Å². The first kappa shape index (κ1) is 13.5. The average molecular weight is 281 g/mol. The van der Waals surface area contributed by atoms with Gasteiger partial charge in [-0.25, -0.2) is 0 Å². The molecule has 0 aliphatic heterocycles. The van der Waals surface area contributed by atoms with Crippen LogP contribution in [0.15, 0.2) is 24.3 Å². The van der Waals surface area contributed by atoms with Crippen molar-refractivity contribution in [2.24, 2.45) is 0 Å². The molecule has 0 fully saturated rings. The second-order valence-corrected chi connectivity index (χ2v) is 3.98. The molecule has 6 nitrogen and oxygen atoms in total. The molecule has 0 unspecified atom stereocenters. The van der Waals surface area contributed by atoms with E-state index in [1.54, 1.807) is 13.1 Å². The highest BCUT2D eigenvalue weighted by Crippen LogP contribution is 2.24. The third-order valence-corrected chi connectivity index (χ3v) is 2.54. The molecule has 1 aromatic carbocycles. The fraction of sp³-hybridized carbons (Fsp3) is 0.250. The largest absolute Gasteiger partial charge is 0.424 e. The zero-order valence-electron chi connectivity index (χ0n) is 10.3. The van der Waals surface area contributed by atoms with Crippen LogP contribution < -0.4 is 10.1 Å². The fourth-order valence-electron chi connectivity index (χ4n) is 1.52. The van der Waals surface area contributed by atoms with Gasteiger partial charge in [-0.3, -0.25) is 0 Å². The molecule has 7 heteroatoms. The number of nitrogens with zero attached hydrogens (tertiary/aromatic N) is 3. The van der Waals surface area contributed by atoms with Crippen molar-refractivity contribution < 1.29 is 9.84 Å². The number of para-hydroxylation sites is 1. The first-order valence-corrected chi connectivity index (χ1v) is 6.06. The Morgan fingerprint density at radius 1 is 1.26 bits per heavy atom. The van der Waals surface area contributed by atoms with E-state index in [0.717, 1.165) is 5.56 Å². The number of anilines is 1. The second kappa shape index (κ2) is 6.31. The number of nitrogens with one attached hydrogen (secondary N) is 1. The molecule has 1 aromatic heterocycles. The topological polar surface area (TPSA) is 80.2 Å². The third kappa shape index (κ3) is 3.52. The normalized spacial score (nSPS) is 10.3. The van der Waals surface area contributed by atoms with Gasteiger partial charge in [-0.05, 0) is 29.7 Å². The summed E-state index contributed by atoms with van der Waals surface area (Å²) < 4.78 is 5.59. The molecule has 0 spiro atoms. The van der Waals surface area contributed by atoms with Gasteiger partial charge in [-0.2, -0.15) is 15.0 Å². The van der Waals surface area contributed by atoms with Crippen LogP contribution in [0.3, 0.4) is 0 Å². The van der Waals surface area contributed by atoms with Gasteiger partial charge in [0.05, 0.1) is 0 Å². The number of aromatic nitrogens is 3. The number of benzene rings is 1. The number of halogens is 1. The Balaban J connectivity index is 2.28. The average Bonchev–Trinajstić information content (AvgIpc) is 2.40. The molecule has 0 atom stereocenters. The van der Waals surface area contributed by atoms with Gasteiger partial charge in [0.2, 0.25) is 11.2 Å². The van der Waals surface area contributed by atoms with Crippen molar-refractivity contribution in [3.63, 3.8) is 0 Å². The first-order valence-electron chi connectivity index (χ1n) is 5.69. The van der Waals surface area contributed by atoms with E-state index >= 15 is 0 Å². The summed E-state index contributed by atoms with van der Waals surface area (Å²) in [6, 6.07) is 7.46. The van der Waals surface area contributed by atoms with Crippen LogP contribution in [0.2, 0.25) is 5.28 Å². The predicted octanol–water partition coefficient (Wildman–Crippen LogP) is 1.89. The Bertz CT molecular complexity index is 565. The number of hydrogen-bond acceptors (Lipinski definition) is 6. The molecule has 1 heterocycles. The Morgan fingerprint density at radius 2 is 2.05 bits per heavy atom. The molecule has 100 valence electrons. The summed E-state index contributed by atoms with van der Waals surface area (Å²) in [7, 11) is 1.68. The summed E-state index contributed by atoms with van der Waals surface area (Å²) >= 11 is 5.77. The second-order valence-electron chi connectivity index (χ2n) is 3.64. The van der Waals surface area contributed by atoms with Crippen LogP contribution in [0.4, 0.5) is 5.95 Å². The summed E-state index contributed by atoms with van der Waals surface area (Å²) in [6.45, 7) is 0.0418. The van der Waals surface area contributed by atoms with Gasteiger partial charge in [0.25, 0.3) is 0 Å².